The lowest BCUT2D eigenvalue weighted by molar-refractivity contribution is -0.140. The molecule has 0 radical (unpaired) electrons. The first-order chi connectivity index (χ1) is 19.1. The van der Waals surface area contributed by atoms with Crippen LogP contribution in [0.1, 0.15) is 129 Å². The molecular formula is C35H52N2O2. The van der Waals surface area contributed by atoms with Crippen LogP contribution in [-0.2, 0) is 11.2 Å². The molecule has 0 spiro atoms. The molecule has 0 amide bonds. The van der Waals surface area contributed by atoms with Gasteiger partial charge < -0.3 is 4.74 Å². The second-order valence-corrected chi connectivity index (χ2v) is 12.5. The quantitative estimate of drug-likeness (QED) is 0.138. The van der Waals surface area contributed by atoms with E-state index in [-0.39, 0.29) is 11.9 Å². The molecule has 4 heteroatoms. The van der Waals surface area contributed by atoms with Crippen molar-refractivity contribution in [1.29, 1.82) is 0 Å². The summed E-state index contributed by atoms with van der Waals surface area (Å²) in [6, 6.07) is 7.67. The van der Waals surface area contributed by atoms with Gasteiger partial charge in [-0.25, -0.2) is 9.97 Å². The van der Waals surface area contributed by atoms with Crippen LogP contribution in [0.25, 0.3) is 11.4 Å². The highest BCUT2D eigenvalue weighted by atomic mass is 16.5. The number of carbonyl (C=O) groups is 1. The summed E-state index contributed by atoms with van der Waals surface area (Å²) in [4.78, 5) is 22.0. The first kappa shape index (κ1) is 29.7. The van der Waals surface area contributed by atoms with Gasteiger partial charge in [-0.15, -0.1) is 0 Å². The maximum Gasteiger partial charge on any atom is 0.314 e. The number of hydrogen-bond acceptors (Lipinski definition) is 4. The molecule has 2 saturated carbocycles. The normalized spacial score (nSPS) is 23.4. The van der Waals surface area contributed by atoms with Crippen molar-refractivity contribution in [2.24, 2.45) is 23.7 Å². The summed E-state index contributed by atoms with van der Waals surface area (Å²) in [5.41, 5.74) is 2.18. The van der Waals surface area contributed by atoms with E-state index in [1.165, 1.54) is 89.0 Å². The maximum absolute atomic E-state index is 12.7. The number of benzene rings is 1. The van der Waals surface area contributed by atoms with Gasteiger partial charge in [0.05, 0.1) is 5.92 Å². The van der Waals surface area contributed by atoms with Gasteiger partial charge in [-0.3, -0.25) is 4.79 Å². The number of rotatable bonds is 14. The fourth-order valence-corrected chi connectivity index (χ4v) is 6.74. The predicted octanol–water partition coefficient (Wildman–Crippen LogP) is 9.75. The summed E-state index contributed by atoms with van der Waals surface area (Å²) < 4.78 is 5.74. The molecule has 4 nitrogen and oxygen atoms in total. The first-order valence-corrected chi connectivity index (χ1v) is 16.3. The molecule has 39 heavy (non-hydrogen) atoms. The fraction of sp³-hybridized carbons (Fsp3) is 0.686. The summed E-state index contributed by atoms with van der Waals surface area (Å²) in [7, 11) is 0. The molecule has 2 aliphatic rings. The van der Waals surface area contributed by atoms with Crippen molar-refractivity contribution in [1.82, 2.24) is 9.97 Å². The smallest absolute Gasteiger partial charge is 0.314 e. The average molecular weight is 533 g/mol. The highest BCUT2D eigenvalue weighted by molar-refractivity contribution is 5.75. The number of hydrogen-bond donors (Lipinski definition) is 0. The first-order valence-electron chi connectivity index (χ1n) is 16.3. The SMILES string of the molecule is CCCCC[C@H]1CC[C@H](CCc2cnc(-c3ccc(OC(=O)[C@H]4CC[C@H](CCCCC)CC4)cc3)nc2)CC1. The Morgan fingerprint density at radius 1 is 0.718 bits per heavy atom. The van der Waals surface area contributed by atoms with Gasteiger partial charge in [0, 0.05) is 18.0 Å². The lowest BCUT2D eigenvalue weighted by atomic mass is 9.78. The fourth-order valence-electron chi connectivity index (χ4n) is 6.74. The molecule has 0 aliphatic heterocycles. The van der Waals surface area contributed by atoms with Crippen LogP contribution in [0.2, 0.25) is 0 Å². The lowest BCUT2D eigenvalue weighted by Crippen LogP contribution is -2.25. The lowest BCUT2D eigenvalue weighted by Gasteiger charge is -2.28. The number of carbonyl (C=O) groups excluding carboxylic acids is 1. The molecule has 2 aromatic rings. The molecular weight excluding hydrogens is 480 g/mol. The van der Waals surface area contributed by atoms with E-state index in [1.807, 2.05) is 36.7 Å². The van der Waals surface area contributed by atoms with Gasteiger partial charge >= 0.3 is 5.97 Å². The molecule has 2 fully saturated rings. The van der Waals surface area contributed by atoms with E-state index in [2.05, 4.69) is 23.8 Å². The Bertz CT molecular complexity index is 955. The van der Waals surface area contributed by atoms with Gasteiger partial charge in [-0.1, -0.05) is 90.9 Å². The minimum Gasteiger partial charge on any atom is -0.426 e. The summed E-state index contributed by atoms with van der Waals surface area (Å²) in [6.45, 7) is 4.55. The number of aryl methyl sites for hydroxylation is 1. The Labute approximate surface area is 237 Å². The summed E-state index contributed by atoms with van der Waals surface area (Å²) in [5, 5.41) is 0. The zero-order valence-corrected chi connectivity index (χ0v) is 24.7. The highest BCUT2D eigenvalue weighted by Crippen LogP contribution is 2.35. The minimum atomic E-state index is -0.0691. The number of unbranched alkanes of at least 4 members (excludes halogenated alkanes) is 4. The van der Waals surface area contributed by atoms with Gasteiger partial charge in [0.1, 0.15) is 5.75 Å². The van der Waals surface area contributed by atoms with E-state index in [9.17, 15) is 4.79 Å². The van der Waals surface area contributed by atoms with Crippen molar-refractivity contribution in [3.05, 3.63) is 42.2 Å². The Balaban J connectivity index is 1.17. The number of nitrogens with zero attached hydrogens (tertiary/aromatic N) is 2. The van der Waals surface area contributed by atoms with Crippen LogP contribution >= 0.6 is 0 Å². The number of aromatic nitrogens is 2. The predicted molar refractivity (Wildman–Crippen MR) is 161 cm³/mol. The topological polar surface area (TPSA) is 52.1 Å². The molecule has 0 bridgehead atoms. The van der Waals surface area contributed by atoms with Gasteiger partial charge in [-0.2, -0.15) is 0 Å². The average Bonchev–Trinajstić information content (AvgIpc) is 2.98. The van der Waals surface area contributed by atoms with Crippen LogP contribution in [0.5, 0.6) is 5.75 Å². The van der Waals surface area contributed by atoms with Crippen molar-refractivity contribution in [2.45, 2.75) is 129 Å². The van der Waals surface area contributed by atoms with Crippen LogP contribution < -0.4 is 4.74 Å². The van der Waals surface area contributed by atoms with Crippen molar-refractivity contribution < 1.29 is 9.53 Å². The summed E-state index contributed by atoms with van der Waals surface area (Å²) in [5.74, 6) is 3.96. The standard InChI is InChI=1S/C35H52N2O2/c1-3-5-7-9-27-11-13-29(14-12-27)15-16-30-25-36-34(37-26-30)31-21-23-33(24-22-31)39-35(38)32-19-17-28(18-20-32)10-8-6-4-2/h21-29,32H,3-20H2,1-2H3/t27-,28-,29-,32-. The molecule has 1 aromatic carbocycles. The molecule has 1 heterocycles. The monoisotopic (exact) mass is 532 g/mol. The third-order valence-electron chi connectivity index (χ3n) is 9.46. The second-order valence-electron chi connectivity index (χ2n) is 12.5. The van der Waals surface area contributed by atoms with Gasteiger partial charge in [-0.05, 0) is 86.1 Å². The molecule has 4 rings (SSSR count). The van der Waals surface area contributed by atoms with E-state index in [1.54, 1.807) is 0 Å². The third kappa shape index (κ3) is 9.72. The highest BCUT2D eigenvalue weighted by Gasteiger charge is 2.27. The zero-order chi connectivity index (χ0) is 27.3. The Morgan fingerprint density at radius 3 is 1.77 bits per heavy atom. The van der Waals surface area contributed by atoms with Gasteiger partial charge in [0.2, 0.25) is 0 Å². The molecule has 0 saturated heterocycles. The minimum absolute atomic E-state index is 0.0452. The Morgan fingerprint density at radius 2 is 1.23 bits per heavy atom. The Kier molecular flexibility index (Phi) is 12.3. The van der Waals surface area contributed by atoms with Gasteiger partial charge in [0.25, 0.3) is 0 Å². The van der Waals surface area contributed by atoms with Crippen LogP contribution in [0.15, 0.2) is 36.7 Å². The van der Waals surface area contributed by atoms with Crippen molar-refractivity contribution >= 4 is 5.97 Å². The Hall–Kier alpha value is -2.23. The van der Waals surface area contributed by atoms with E-state index in [0.29, 0.717) is 5.75 Å². The summed E-state index contributed by atoms with van der Waals surface area (Å²) in [6.07, 6.45) is 27.1. The van der Waals surface area contributed by atoms with Crippen molar-refractivity contribution in [3.63, 3.8) is 0 Å². The van der Waals surface area contributed by atoms with Crippen LogP contribution in [0.4, 0.5) is 0 Å². The number of ether oxygens (including phenoxy) is 1. The third-order valence-corrected chi connectivity index (χ3v) is 9.46. The molecule has 0 N–H and O–H groups in total. The molecule has 1 aromatic heterocycles. The zero-order valence-electron chi connectivity index (χ0n) is 24.7. The molecule has 214 valence electrons. The van der Waals surface area contributed by atoms with E-state index >= 15 is 0 Å². The largest absolute Gasteiger partial charge is 0.426 e. The van der Waals surface area contributed by atoms with E-state index < -0.39 is 0 Å². The number of esters is 1. The van der Waals surface area contributed by atoms with Crippen molar-refractivity contribution in [2.75, 3.05) is 0 Å². The molecule has 0 atom stereocenters. The molecule has 0 unspecified atom stereocenters. The van der Waals surface area contributed by atoms with E-state index in [4.69, 9.17) is 4.74 Å². The van der Waals surface area contributed by atoms with Gasteiger partial charge in [0.15, 0.2) is 5.82 Å². The van der Waals surface area contributed by atoms with Crippen molar-refractivity contribution in [3.8, 4) is 17.1 Å². The van der Waals surface area contributed by atoms with E-state index in [0.717, 1.165) is 61.2 Å². The summed E-state index contributed by atoms with van der Waals surface area (Å²) >= 11 is 0. The molecule has 2 aliphatic carbocycles. The van der Waals surface area contributed by atoms with Crippen LogP contribution in [-0.4, -0.2) is 15.9 Å². The van der Waals surface area contributed by atoms with Crippen LogP contribution in [0.3, 0.4) is 0 Å². The van der Waals surface area contributed by atoms with Crippen LogP contribution in [0, 0.1) is 23.7 Å². The maximum atomic E-state index is 12.7. The second kappa shape index (κ2) is 16.1.